The molecule has 3 rings (SSSR count). The molecule has 2 nitrogen and oxygen atoms in total. The molecular formula is C20H28NaO2. The summed E-state index contributed by atoms with van der Waals surface area (Å²) in [5.41, 5.74) is 3.73. The molecule has 0 heterocycles. The van der Waals surface area contributed by atoms with E-state index in [1.165, 1.54) is 16.7 Å². The van der Waals surface area contributed by atoms with Crippen LogP contribution in [0.15, 0.2) is 18.2 Å². The second kappa shape index (κ2) is 6.54. The maximum absolute atomic E-state index is 11.9. The number of aliphatic carboxylic acids is 1. The molecule has 1 saturated carbocycles. The Kier molecular flexibility index (Phi) is 5.41. The predicted octanol–water partition coefficient (Wildman–Crippen LogP) is 4.52. The molecule has 0 aromatic heterocycles. The van der Waals surface area contributed by atoms with Gasteiger partial charge in [0, 0.05) is 29.6 Å². The largest absolute Gasteiger partial charge is 0.481 e. The van der Waals surface area contributed by atoms with Gasteiger partial charge in [0.05, 0.1) is 5.41 Å². The molecule has 0 bridgehead atoms. The Morgan fingerprint density at radius 2 is 1.96 bits per heavy atom. The van der Waals surface area contributed by atoms with Crippen LogP contribution in [-0.4, -0.2) is 40.6 Å². The Morgan fingerprint density at radius 1 is 1.26 bits per heavy atom. The van der Waals surface area contributed by atoms with Crippen molar-refractivity contribution in [3.05, 3.63) is 34.9 Å². The topological polar surface area (TPSA) is 37.3 Å². The molecule has 0 aliphatic heterocycles. The van der Waals surface area contributed by atoms with Crippen LogP contribution in [-0.2, 0) is 16.6 Å². The quantitative estimate of drug-likeness (QED) is 0.812. The van der Waals surface area contributed by atoms with Crippen LogP contribution in [0, 0.1) is 11.3 Å². The van der Waals surface area contributed by atoms with E-state index in [-0.39, 0.29) is 40.9 Å². The molecule has 0 saturated heterocycles. The normalized spacial score (nSPS) is 32.7. The van der Waals surface area contributed by atoms with Gasteiger partial charge >= 0.3 is 5.97 Å². The maximum atomic E-state index is 11.9. The van der Waals surface area contributed by atoms with E-state index < -0.39 is 11.4 Å². The molecule has 0 unspecified atom stereocenters. The zero-order valence-corrected chi connectivity index (χ0v) is 17.3. The Hall–Kier alpha value is -0.310. The smallest absolute Gasteiger partial charge is 0.309 e. The van der Waals surface area contributed by atoms with Crippen molar-refractivity contribution in [3.63, 3.8) is 0 Å². The first kappa shape index (κ1) is 19.0. The number of carboxylic acid groups (broad SMARTS) is 1. The summed E-state index contributed by atoms with van der Waals surface area (Å²) in [4.78, 5) is 11.9. The Balaban J connectivity index is 0.00000192. The van der Waals surface area contributed by atoms with Crippen LogP contribution in [0.3, 0.4) is 0 Å². The van der Waals surface area contributed by atoms with E-state index in [2.05, 4.69) is 39.0 Å². The van der Waals surface area contributed by atoms with Crippen molar-refractivity contribution in [2.45, 2.75) is 71.1 Å². The molecule has 1 N–H and O–H groups in total. The summed E-state index contributed by atoms with van der Waals surface area (Å²) in [6, 6.07) is 6.92. The van der Waals surface area contributed by atoms with Gasteiger partial charge < -0.3 is 5.11 Å². The van der Waals surface area contributed by atoms with Gasteiger partial charge in [0.1, 0.15) is 0 Å². The van der Waals surface area contributed by atoms with Crippen molar-refractivity contribution in [3.8, 4) is 0 Å². The fourth-order valence-electron chi connectivity index (χ4n) is 5.13. The fraction of sp³-hybridized carbons (Fsp3) is 0.650. The third kappa shape index (κ3) is 2.92. The summed E-state index contributed by atoms with van der Waals surface area (Å²) in [5, 5.41) is 9.82. The van der Waals surface area contributed by atoms with E-state index in [4.69, 9.17) is 0 Å². The first-order valence-electron chi connectivity index (χ1n) is 8.66. The second-order valence-corrected chi connectivity index (χ2v) is 8.16. The average molecular weight is 323 g/mol. The Morgan fingerprint density at radius 3 is 2.57 bits per heavy atom. The van der Waals surface area contributed by atoms with Crippen LogP contribution in [0.5, 0.6) is 0 Å². The number of fused-ring (bicyclic) bond motifs is 3. The van der Waals surface area contributed by atoms with Gasteiger partial charge in [-0.3, -0.25) is 4.79 Å². The molecule has 3 atom stereocenters. The Bertz CT molecular complexity index is 610. The molecule has 0 spiro atoms. The number of aryl methyl sites for hydroxylation is 1. The monoisotopic (exact) mass is 323 g/mol. The van der Waals surface area contributed by atoms with Gasteiger partial charge in [-0.2, -0.15) is 0 Å². The first-order valence-corrected chi connectivity index (χ1v) is 8.66. The number of hydrogen-bond acceptors (Lipinski definition) is 1. The minimum atomic E-state index is -0.606. The summed E-state index contributed by atoms with van der Waals surface area (Å²) >= 11 is 0. The van der Waals surface area contributed by atoms with E-state index in [9.17, 15) is 9.90 Å². The van der Waals surface area contributed by atoms with Gasteiger partial charge in [-0.1, -0.05) is 45.4 Å². The molecule has 1 aromatic rings. The maximum Gasteiger partial charge on any atom is 0.309 e. The van der Waals surface area contributed by atoms with Gasteiger partial charge in [0.2, 0.25) is 0 Å². The van der Waals surface area contributed by atoms with Crippen LogP contribution in [0.25, 0.3) is 0 Å². The SMILES string of the molecule is CC(C)c1ccc2c(c1)CC[C@H]1[C@](C)(C(=O)O)CCC[C@]21C.[Na]. The van der Waals surface area contributed by atoms with Crippen molar-refractivity contribution in [1.29, 1.82) is 0 Å². The second-order valence-electron chi connectivity index (χ2n) is 8.16. The third-order valence-electron chi connectivity index (χ3n) is 6.53. The van der Waals surface area contributed by atoms with Crippen molar-refractivity contribution < 1.29 is 9.90 Å². The van der Waals surface area contributed by atoms with Crippen LogP contribution >= 0.6 is 0 Å². The fourth-order valence-corrected chi connectivity index (χ4v) is 5.13. The molecule has 1 aromatic carbocycles. The van der Waals surface area contributed by atoms with E-state index >= 15 is 0 Å². The van der Waals surface area contributed by atoms with E-state index in [1.807, 2.05) is 6.92 Å². The van der Waals surface area contributed by atoms with Gasteiger partial charge in [-0.15, -0.1) is 0 Å². The molecule has 0 amide bonds. The van der Waals surface area contributed by atoms with Gasteiger partial charge in [-0.25, -0.2) is 0 Å². The predicted molar refractivity (Wildman–Crippen MR) is 95.0 cm³/mol. The van der Waals surface area contributed by atoms with E-state index in [1.54, 1.807) is 0 Å². The summed E-state index contributed by atoms with van der Waals surface area (Å²) in [5.74, 6) is 0.195. The number of rotatable bonds is 2. The zero-order valence-electron chi connectivity index (χ0n) is 15.3. The molecule has 23 heavy (non-hydrogen) atoms. The number of hydrogen-bond donors (Lipinski definition) is 1. The van der Waals surface area contributed by atoms with Crippen LogP contribution in [0.1, 0.15) is 76.0 Å². The van der Waals surface area contributed by atoms with Crippen LogP contribution in [0.4, 0.5) is 0 Å². The number of benzene rings is 1. The first-order chi connectivity index (χ1) is 10.3. The number of carboxylic acids is 1. The average Bonchev–Trinajstić information content (AvgIpc) is 2.46. The van der Waals surface area contributed by atoms with Crippen molar-refractivity contribution in [2.75, 3.05) is 0 Å². The summed E-state index contributed by atoms with van der Waals surface area (Å²) in [6.45, 7) is 8.75. The summed E-state index contributed by atoms with van der Waals surface area (Å²) in [7, 11) is 0. The minimum Gasteiger partial charge on any atom is -0.481 e. The zero-order chi connectivity index (χ0) is 16.1. The van der Waals surface area contributed by atoms with Gasteiger partial charge in [-0.05, 0) is 66.5 Å². The van der Waals surface area contributed by atoms with Crippen LogP contribution in [0.2, 0.25) is 0 Å². The molecule has 2 aliphatic carbocycles. The van der Waals surface area contributed by atoms with Gasteiger partial charge in [0.15, 0.2) is 0 Å². The van der Waals surface area contributed by atoms with E-state index in [0.717, 1.165) is 32.1 Å². The molecule has 121 valence electrons. The summed E-state index contributed by atoms with van der Waals surface area (Å²) < 4.78 is 0. The molecule has 1 fully saturated rings. The molecule has 3 heteroatoms. The molecule has 2 aliphatic rings. The summed E-state index contributed by atoms with van der Waals surface area (Å²) in [6.07, 6.45) is 4.99. The molecule has 1 radical (unpaired) electrons. The minimum absolute atomic E-state index is 0. The Labute approximate surface area is 162 Å². The molecular weight excluding hydrogens is 295 g/mol. The number of carbonyl (C=O) groups is 1. The van der Waals surface area contributed by atoms with Crippen molar-refractivity contribution in [2.24, 2.45) is 11.3 Å². The van der Waals surface area contributed by atoms with Crippen molar-refractivity contribution >= 4 is 35.5 Å². The standard InChI is InChI=1S/C20H28O2.Na/c1-13(2)14-6-8-16-15(12-14)7-9-17-19(16,3)10-5-11-20(17,4)18(21)22;/h6,8,12-13,17H,5,7,9-11H2,1-4H3,(H,21,22);/t17-,19-,20-;/m1./s1. The van der Waals surface area contributed by atoms with E-state index in [0.29, 0.717) is 5.92 Å². The third-order valence-corrected chi connectivity index (χ3v) is 6.53. The van der Waals surface area contributed by atoms with Crippen molar-refractivity contribution in [1.82, 2.24) is 0 Å². The van der Waals surface area contributed by atoms with Crippen LogP contribution < -0.4 is 0 Å². The van der Waals surface area contributed by atoms with Gasteiger partial charge in [0.25, 0.3) is 0 Å².